The summed E-state index contributed by atoms with van der Waals surface area (Å²) in [5, 5.41) is 2.41. The van der Waals surface area contributed by atoms with Gasteiger partial charge in [0.2, 0.25) is 10.9 Å². The molecule has 1 aliphatic rings. The van der Waals surface area contributed by atoms with E-state index in [-0.39, 0.29) is 0 Å². The third kappa shape index (κ3) is 1.70. The van der Waals surface area contributed by atoms with E-state index in [1.807, 2.05) is 4.24 Å². The standard InChI is InChI=1S/C16H14N/c1-17-15-10-6-5-9-14(15)11-12-16(17)13-7-3-2-4-8-13/h2-7,9-12H,1,8H2/q+1/b16-13+. The Morgan fingerprint density at radius 2 is 1.88 bits per heavy atom. The molecule has 1 aromatic heterocycles. The molecule has 0 saturated heterocycles. The molecule has 0 fully saturated rings. The zero-order chi connectivity index (χ0) is 11.7. The van der Waals surface area contributed by atoms with Gasteiger partial charge in [-0.3, -0.25) is 0 Å². The number of hydrogen-bond acceptors (Lipinski definition) is 0. The van der Waals surface area contributed by atoms with E-state index in [0.29, 0.717) is 0 Å². The van der Waals surface area contributed by atoms with Gasteiger partial charge in [0.05, 0.1) is 0 Å². The van der Waals surface area contributed by atoms with Gasteiger partial charge in [0.1, 0.15) is 6.72 Å². The molecule has 0 unspecified atom stereocenters. The van der Waals surface area contributed by atoms with Crippen LogP contribution in [0.1, 0.15) is 6.42 Å². The van der Waals surface area contributed by atoms with Crippen molar-refractivity contribution < 1.29 is 4.24 Å². The molecule has 0 bridgehead atoms. The largest absolute Gasteiger partial charge is 0.217 e. The van der Waals surface area contributed by atoms with E-state index in [4.69, 9.17) is 0 Å². The maximum absolute atomic E-state index is 4.16. The molecule has 1 aliphatic carbocycles. The molecule has 3 rings (SSSR count). The van der Waals surface area contributed by atoms with Crippen LogP contribution in [0, 0.1) is 6.72 Å². The van der Waals surface area contributed by atoms with Crippen molar-refractivity contribution in [2.24, 2.45) is 0 Å². The zero-order valence-corrected chi connectivity index (χ0v) is 9.63. The maximum Gasteiger partial charge on any atom is 0.217 e. The summed E-state index contributed by atoms with van der Waals surface area (Å²) in [5.41, 5.74) is 2.48. The van der Waals surface area contributed by atoms with Gasteiger partial charge in [-0.15, -0.1) is 0 Å². The van der Waals surface area contributed by atoms with Gasteiger partial charge in [0, 0.05) is 23.1 Å². The molecule has 1 nitrogen and oxygen atoms in total. The fourth-order valence-corrected chi connectivity index (χ4v) is 2.25. The first-order valence-electron chi connectivity index (χ1n) is 5.80. The normalized spacial score (nSPS) is 17.6. The Bertz CT molecular complexity index is 736. The summed E-state index contributed by atoms with van der Waals surface area (Å²) >= 11 is 0. The monoisotopic (exact) mass is 220 g/mol. The quantitative estimate of drug-likeness (QED) is 0.601. The molecule has 1 heteroatoms. The molecule has 82 valence electrons. The fraction of sp³-hybridized carbons (Fsp3) is 0.0625. The second kappa shape index (κ2) is 4.02. The van der Waals surface area contributed by atoms with Gasteiger partial charge in [-0.1, -0.05) is 36.4 Å². The Morgan fingerprint density at radius 3 is 2.71 bits per heavy atom. The second-order valence-electron chi connectivity index (χ2n) is 4.22. The summed E-state index contributed by atoms with van der Waals surface area (Å²) in [6, 6.07) is 12.6. The van der Waals surface area contributed by atoms with Gasteiger partial charge in [-0.25, -0.2) is 0 Å². The van der Waals surface area contributed by atoms with Crippen molar-refractivity contribution in [3.63, 3.8) is 0 Å². The summed E-state index contributed by atoms with van der Waals surface area (Å²) in [6.07, 6.45) is 9.46. The second-order valence-corrected chi connectivity index (χ2v) is 4.22. The maximum atomic E-state index is 4.16. The van der Waals surface area contributed by atoms with Crippen LogP contribution in [0.5, 0.6) is 0 Å². The summed E-state index contributed by atoms with van der Waals surface area (Å²) in [7, 11) is 0. The molecule has 0 radical (unpaired) electrons. The van der Waals surface area contributed by atoms with E-state index >= 15 is 0 Å². The Balaban J connectivity index is 2.40. The summed E-state index contributed by atoms with van der Waals surface area (Å²) in [6.45, 7) is 4.16. The number of aromatic nitrogens is 1. The van der Waals surface area contributed by atoms with Gasteiger partial charge in [-0.2, -0.15) is 4.24 Å². The molecule has 2 aromatic rings. The lowest BCUT2D eigenvalue weighted by molar-refractivity contribution is -0.484. The van der Waals surface area contributed by atoms with Crippen molar-refractivity contribution in [3.8, 4) is 0 Å². The Hall–Kier alpha value is -2.15. The highest BCUT2D eigenvalue weighted by molar-refractivity contribution is 5.75. The lowest BCUT2D eigenvalue weighted by Crippen LogP contribution is -2.37. The minimum absolute atomic E-state index is 0.977. The van der Waals surface area contributed by atoms with Crippen LogP contribution in [0.4, 0.5) is 0 Å². The molecular formula is C16H14N+. The summed E-state index contributed by atoms with van der Waals surface area (Å²) in [4.78, 5) is 0. The molecule has 0 atom stereocenters. The lowest BCUT2D eigenvalue weighted by Gasteiger charge is -1.99. The van der Waals surface area contributed by atoms with Crippen molar-refractivity contribution in [1.29, 1.82) is 0 Å². The van der Waals surface area contributed by atoms with Gasteiger partial charge in [0.25, 0.3) is 0 Å². The van der Waals surface area contributed by atoms with E-state index in [0.717, 1.165) is 6.42 Å². The molecular weight excluding hydrogens is 206 g/mol. The van der Waals surface area contributed by atoms with Crippen molar-refractivity contribution in [2.45, 2.75) is 6.42 Å². The number of pyridine rings is 1. The van der Waals surface area contributed by atoms with Crippen molar-refractivity contribution >= 4 is 16.5 Å². The SMILES string of the molecule is C=[n+]1/c(=C2\C=CC=CC2)ccc2ccccc21. The minimum Gasteiger partial charge on any atom is -0.167 e. The number of rotatable bonds is 0. The lowest BCUT2D eigenvalue weighted by atomic mass is 10.1. The third-order valence-electron chi connectivity index (χ3n) is 3.15. The van der Waals surface area contributed by atoms with Crippen LogP contribution in [0.2, 0.25) is 0 Å². The molecule has 1 heterocycles. The number of benzene rings is 1. The van der Waals surface area contributed by atoms with Crippen LogP contribution in [-0.4, -0.2) is 0 Å². The molecule has 0 N–H and O–H groups in total. The van der Waals surface area contributed by atoms with E-state index in [1.54, 1.807) is 0 Å². The third-order valence-corrected chi connectivity index (χ3v) is 3.15. The van der Waals surface area contributed by atoms with Crippen LogP contribution in [0.25, 0.3) is 16.5 Å². The fourth-order valence-electron chi connectivity index (χ4n) is 2.25. The highest BCUT2D eigenvalue weighted by Crippen LogP contribution is 2.10. The zero-order valence-electron chi connectivity index (χ0n) is 9.63. The predicted octanol–water partition coefficient (Wildman–Crippen LogP) is 2.43. The van der Waals surface area contributed by atoms with Crippen molar-refractivity contribution in [3.05, 3.63) is 72.8 Å². The van der Waals surface area contributed by atoms with E-state index in [9.17, 15) is 0 Å². The Kier molecular flexibility index (Phi) is 2.37. The van der Waals surface area contributed by atoms with Crippen molar-refractivity contribution in [1.82, 2.24) is 0 Å². The van der Waals surface area contributed by atoms with Gasteiger partial charge in [-0.05, 0) is 18.6 Å². The molecule has 17 heavy (non-hydrogen) atoms. The van der Waals surface area contributed by atoms with Gasteiger partial charge >= 0.3 is 0 Å². The average Bonchev–Trinajstić information content (AvgIpc) is 2.40. The highest BCUT2D eigenvalue weighted by Gasteiger charge is 2.06. The highest BCUT2D eigenvalue weighted by atomic mass is 14.8. The Labute approximate surface area is 100 Å². The van der Waals surface area contributed by atoms with E-state index in [2.05, 4.69) is 67.4 Å². The van der Waals surface area contributed by atoms with Crippen LogP contribution in [-0.2, 0) is 0 Å². The molecule has 0 amide bonds. The average molecular weight is 220 g/mol. The van der Waals surface area contributed by atoms with Gasteiger partial charge < -0.3 is 0 Å². The topological polar surface area (TPSA) is 5.90 Å². The smallest absolute Gasteiger partial charge is 0.167 e. The van der Waals surface area contributed by atoms with Crippen LogP contribution < -0.4 is 9.59 Å². The van der Waals surface area contributed by atoms with E-state index in [1.165, 1.54) is 21.8 Å². The molecule has 0 aliphatic heterocycles. The Morgan fingerprint density at radius 1 is 1.00 bits per heavy atom. The number of allylic oxidation sites excluding steroid dienone is 4. The number of para-hydroxylation sites is 1. The minimum atomic E-state index is 0.977. The summed E-state index contributed by atoms with van der Waals surface area (Å²) < 4.78 is 2.02. The molecule has 0 saturated carbocycles. The number of fused-ring (bicyclic) bond motifs is 1. The van der Waals surface area contributed by atoms with Gasteiger partial charge in [0.15, 0.2) is 0 Å². The van der Waals surface area contributed by atoms with Crippen molar-refractivity contribution in [2.75, 3.05) is 0 Å². The van der Waals surface area contributed by atoms with E-state index < -0.39 is 0 Å². The van der Waals surface area contributed by atoms with Crippen LogP contribution in [0.15, 0.2) is 60.7 Å². The number of nitrogens with zero attached hydrogens (tertiary/aromatic N) is 1. The summed E-state index contributed by atoms with van der Waals surface area (Å²) in [5.74, 6) is 0. The van der Waals surface area contributed by atoms with Crippen LogP contribution in [0.3, 0.4) is 0 Å². The van der Waals surface area contributed by atoms with Crippen LogP contribution >= 0.6 is 0 Å². The first kappa shape index (κ1) is 10.0. The first-order valence-corrected chi connectivity index (χ1v) is 5.80. The predicted molar refractivity (Wildman–Crippen MR) is 70.8 cm³/mol. The molecule has 1 aromatic carbocycles. The first-order chi connectivity index (χ1) is 8.36. The molecule has 0 spiro atoms. The number of hydrogen-bond donors (Lipinski definition) is 0.